The fourth-order valence-corrected chi connectivity index (χ4v) is 1.31. The fraction of sp³-hybridized carbons (Fsp3) is 0.556. The third-order valence-electron chi connectivity index (χ3n) is 2.14. The van der Waals surface area contributed by atoms with E-state index in [4.69, 9.17) is 0 Å². The predicted molar refractivity (Wildman–Crippen MR) is 48.4 cm³/mol. The number of carbonyl (C=O) groups is 1. The highest BCUT2D eigenvalue weighted by Crippen LogP contribution is 2.19. The van der Waals surface area contributed by atoms with E-state index < -0.39 is 0 Å². The van der Waals surface area contributed by atoms with Crippen LogP contribution in [0.25, 0.3) is 0 Å². The van der Waals surface area contributed by atoms with Gasteiger partial charge in [0.05, 0.1) is 0 Å². The van der Waals surface area contributed by atoms with Gasteiger partial charge in [0.1, 0.15) is 0 Å². The van der Waals surface area contributed by atoms with Crippen LogP contribution in [-0.2, 0) is 7.05 Å². The molecule has 1 aromatic heterocycles. The Balaban J connectivity index is 2.13. The molecule has 0 radical (unpaired) electrons. The van der Waals surface area contributed by atoms with Gasteiger partial charge in [-0.05, 0) is 19.8 Å². The third-order valence-corrected chi connectivity index (χ3v) is 2.14. The molecule has 4 heteroatoms. The monoisotopic (exact) mass is 179 g/mol. The van der Waals surface area contributed by atoms with Gasteiger partial charge in [0, 0.05) is 24.8 Å². The molecule has 0 bridgehead atoms. The van der Waals surface area contributed by atoms with Gasteiger partial charge >= 0.3 is 0 Å². The Labute approximate surface area is 76.9 Å². The highest BCUT2D eigenvalue weighted by Gasteiger charge is 2.25. The van der Waals surface area contributed by atoms with E-state index >= 15 is 0 Å². The normalized spacial score (nSPS) is 15.8. The van der Waals surface area contributed by atoms with Crippen LogP contribution in [0.3, 0.4) is 0 Å². The molecule has 0 spiro atoms. The predicted octanol–water partition coefficient (Wildman–Crippen LogP) is 0.621. The van der Waals surface area contributed by atoms with Crippen LogP contribution in [0.2, 0.25) is 0 Å². The molecule has 1 fully saturated rings. The molecule has 0 aliphatic heterocycles. The average Bonchev–Trinajstić information content (AvgIpc) is 2.77. The van der Waals surface area contributed by atoms with Crippen LogP contribution in [0.1, 0.15) is 28.9 Å². The van der Waals surface area contributed by atoms with Crippen LogP contribution in [0.4, 0.5) is 0 Å². The molecule has 1 aliphatic rings. The molecule has 1 aliphatic carbocycles. The van der Waals surface area contributed by atoms with Crippen LogP contribution in [0.5, 0.6) is 0 Å². The Hall–Kier alpha value is -1.32. The van der Waals surface area contributed by atoms with Crippen molar-refractivity contribution in [2.45, 2.75) is 25.8 Å². The van der Waals surface area contributed by atoms with Crippen molar-refractivity contribution in [3.05, 3.63) is 17.5 Å². The standard InChI is InChI=1S/C9H13N3O/c1-6-5-12(2)11-8(6)9(13)10-7-3-4-7/h5,7H,3-4H2,1-2H3,(H,10,13). The number of hydrogen-bond donors (Lipinski definition) is 1. The molecule has 1 aromatic rings. The molecule has 1 amide bonds. The summed E-state index contributed by atoms with van der Waals surface area (Å²) in [6.07, 6.45) is 4.07. The van der Waals surface area contributed by atoms with Gasteiger partial charge in [0.25, 0.3) is 5.91 Å². The highest BCUT2D eigenvalue weighted by atomic mass is 16.2. The van der Waals surface area contributed by atoms with E-state index in [1.54, 1.807) is 4.68 Å². The summed E-state index contributed by atoms with van der Waals surface area (Å²) in [6, 6.07) is 0.397. The van der Waals surface area contributed by atoms with Gasteiger partial charge in [-0.2, -0.15) is 5.10 Å². The van der Waals surface area contributed by atoms with Crippen LogP contribution in [0, 0.1) is 6.92 Å². The van der Waals surface area contributed by atoms with E-state index in [2.05, 4.69) is 10.4 Å². The first-order valence-corrected chi connectivity index (χ1v) is 4.48. The van der Waals surface area contributed by atoms with Gasteiger partial charge < -0.3 is 5.32 Å². The number of carbonyl (C=O) groups excluding carboxylic acids is 1. The topological polar surface area (TPSA) is 46.9 Å². The van der Waals surface area contributed by atoms with E-state index in [9.17, 15) is 4.79 Å². The number of nitrogens with zero attached hydrogens (tertiary/aromatic N) is 2. The molecule has 0 saturated heterocycles. The Morgan fingerprint density at radius 1 is 1.69 bits per heavy atom. The largest absolute Gasteiger partial charge is 0.348 e. The van der Waals surface area contributed by atoms with Crippen LogP contribution in [-0.4, -0.2) is 21.7 Å². The lowest BCUT2D eigenvalue weighted by atomic mass is 10.2. The van der Waals surface area contributed by atoms with Crippen LogP contribution in [0.15, 0.2) is 6.20 Å². The molecule has 1 saturated carbocycles. The maximum Gasteiger partial charge on any atom is 0.272 e. The Morgan fingerprint density at radius 2 is 2.38 bits per heavy atom. The summed E-state index contributed by atoms with van der Waals surface area (Å²) in [5.74, 6) is -0.0411. The molecular weight excluding hydrogens is 166 g/mol. The average molecular weight is 179 g/mol. The molecule has 13 heavy (non-hydrogen) atoms. The second kappa shape index (κ2) is 2.87. The summed E-state index contributed by atoms with van der Waals surface area (Å²) in [4.78, 5) is 11.5. The van der Waals surface area contributed by atoms with Gasteiger partial charge in [-0.1, -0.05) is 0 Å². The third kappa shape index (κ3) is 1.71. The van der Waals surface area contributed by atoms with E-state index in [-0.39, 0.29) is 5.91 Å². The second-order valence-corrected chi connectivity index (χ2v) is 3.58. The van der Waals surface area contributed by atoms with E-state index in [1.807, 2.05) is 20.2 Å². The first-order valence-electron chi connectivity index (χ1n) is 4.48. The van der Waals surface area contributed by atoms with Crippen molar-refractivity contribution in [1.29, 1.82) is 0 Å². The molecule has 2 rings (SSSR count). The van der Waals surface area contributed by atoms with Gasteiger partial charge in [-0.15, -0.1) is 0 Å². The number of hydrogen-bond acceptors (Lipinski definition) is 2. The Kier molecular flexibility index (Phi) is 1.83. The minimum Gasteiger partial charge on any atom is -0.348 e. The van der Waals surface area contributed by atoms with Gasteiger partial charge in [0.2, 0.25) is 0 Å². The van der Waals surface area contributed by atoms with Gasteiger partial charge in [-0.3, -0.25) is 9.48 Å². The van der Waals surface area contributed by atoms with Crippen molar-refractivity contribution in [3.63, 3.8) is 0 Å². The SMILES string of the molecule is Cc1cn(C)nc1C(=O)NC1CC1. The molecule has 0 atom stereocenters. The molecule has 1 heterocycles. The Morgan fingerprint density at radius 3 is 2.85 bits per heavy atom. The molecular formula is C9H13N3O. The summed E-state index contributed by atoms with van der Waals surface area (Å²) < 4.78 is 1.66. The molecule has 1 N–H and O–H groups in total. The molecule has 0 unspecified atom stereocenters. The first-order chi connectivity index (χ1) is 6.16. The van der Waals surface area contributed by atoms with Crippen LogP contribution >= 0.6 is 0 Å². The van der Waals surface area contributed by atoms with Crippen molar-refractivity contribution < 1.29 is 4.79 Å². The zero-order chi connectivity index (χ0) is 9.42. The van der Waals surface area contributed by atoms with E-state index in [1.165, 1.54) is 0 Å². The number of nitrogens with one attached hydrogen (secondary N) is 1. The number of aromatic nitrogens is 2. The van der Waals surface area contributed by atoms with Crippen molar-refractivity contribution in [3.8, 4) is 0 Å². The molecule has 4 nitrogen and oxygen atoms in total. The molecule has 70 valence electrons. The fourth-order valence-electron chi connectivity index (χ4n) is 1.31. The summed E-state index contributed by atoms with van der Waals surface area (Å²) in [5, 5.41) is 7.01. The highest BCUT2D eigenvalue weighted by molar-refractivity contribution is 5.93. The lowest BCUT2D eigenvalue weighted by Crippen LogP contribution is -2.26. The summed E-state index contributed by atoms with van der Waals surface area (Å²) >= 11 is 0. The van der Waals surface area contributed by atoms with Gasteiger partial charge in [-0.25, -0.2) is 0 Å². The maximum atomic E-state index is 11.5. The number of aryl methyl sites for hydroxylation is 2. The van der Waals surface area contributed by atoms with Crippen molar-refractivity contribution in [1.82, 2.24) is 15.1 Å². The van der Waals surface area contributed by atoms with Crippen molar-refractivity contribution >= 4 is 5.91 Å². The van der Waals surface area contributed by atoms with Crippen molar-refractivity contribution in [2.24, 2.45) is 7.05 Å². The number of amides is 1. The minimum absolute atomic E-state index is 0.0411. The van der Waals surface area contributed by atoms with Crippen molar-refractivity contribution in [2.75, 3.05) is 0 Å². The summed E-state index contributed by atoms with van der Waals surface area (Å²) in [5.41, 5.74) is 1.48. The maximum absolute atomic E-state index is 11.5. The smallest absolute Gasteiger partial charge is 0.272 e. The second-order valence-electron chi connectivity index (χ2n) is 3.58. The van der Waals surface area contributed by atoms with E-state index in [0.717, 1.165) is 18.4 Å². The zero-order valence-electron chi connectivity index (χ0n) is 7.87. The zero-order valence-corrected chi connectivity index (χ0v) is 7.87. The van der Waals surface area contributed by atoms with Crippen LogP contribution < -0.4 is 5.32 Å². The molecule has 0 aromatic carbocycles. The minimum atomic E-state index is -0.0411. The Bertz CT molecular complexity index is 339. The lowest BCUT2D eigenvalue weighted by molar-refractivity contribution is 0.0945. The number of rotatable bonds is 2. The van der Waals surface area contributed by atoms with E-state index in [0.29, 0.717) is 11.7 Å². The van der Waals surface area contributed by atoms with Gasteiger partial charge in [0.15, 0.2) is 5.69 Å². The summed E-state index contributed by atoms with van der Waals surface area (Å²) in [6.45, 7) is 1.90. The summed E-state index contributed by atoms with van der Waals surface area (Å²) in [7, 11) is 1.82. The lowest BCUT2D eigenvalue weighted by Gasteiger charge is -1.99. The first kappa shape index (κ1) is 8.29. The quantitative estimate of drug-likeness (QED) is 0.723.